The highest BCUT2D eigenvalue weighted by molar-refractivity contribution is 5.22. The van der Waals surface area contributed by atoms with Gasteiger partial charge in [0.25, 0.3) is 0 Å². The van der Waals surface area contributed by atoms with E-state index < -0.39 is 0 Å². The Morgan fingerprint density at radius 1 is 0.351 bits per heavy atom. The highest BCUT2D eigenvalue weighted by Crippen LogP contribution is 2.20. The third-order valence-corrected chi connectivity index (χ3v) is 8.61. The van der Waals surface area contributed by atoms with Gasteiger partial charge in [-0.15, -0.1) is 0 Å². The van der Waals surface area contributed by atoms with Crippen molar-refractivity contribution < 1.29 is 0 Å². The molecule has 0 radical (unpaired) electrons. The van der Waals surface area contributed by atoms with E-state index in [1.165, 1.54) is 161 Å². The lowest BCUT2D eigenvalue weighted by atomic mass is 10.0. The molecule has 0 N–H and O–H groups in total. The molecule has 0 spiro atoms. The molecule has 0 aliphatic carbocycles. The van der Waals surface area contributed by atoms with Gasteiger partial charge in [-0.1, -0.05) is 133 Å². The van der Waals surface area contributed by atoms with E-state index in [4.69, 9.17) is 0 Å². The number of fused-ring (bicyclic) bond motifs is 2. The van der Waals surface area contributed by atoms with Crippen molar-refractivity contribution in [2.45, 2.75) is 148 Å². The van der Waals surface area contributed by atoms with E-state index >= 15 is 0 Å². The van der Waals surface area contributed by atoms with E-state index in [2.05, 4.69) is 46.5 Å². The van der Waals surface area contributed by atoms with Gasteiger partial charge in [-0.25, -0.2) is 0 Å². The average molecular weight is 509 g/mol. The number of allylic oxidation sites excluding steroid dienone is 4. The zero-order valence-corrected chi connectivity index (χ0v) is 24.5. The van der Waals surface area contributed by atoms with Crippen LogP contribution in [0.5, 0.6) is 0 Å². The lowest BCUT2D eigenvalue weighted by Gasteiger charge is -2.23. The summed E-state index contributed by atoms with van der Waals surface area (Å²) in [6.07, 6.45) is 46.8. The predicted molar refractivity (Wildman–Crippen MR) is 164 cm³/mol. The monoisotopic (exact) mass is 508 g/mol. The van der Waals surface area contributed by atoms with Crippen LogP contribution in [0.3, 0.4) is 0 Å². The van der Waals surface area contributed by atoms with Gasteiger partial charge in [-0.05, 0) is 49.7 Å². The minimum atomic E-state index is 1.12. The average Bonchev–Trinajstić information content (AvgIpc) is 2.92. The minimum absolute atomic E-state index is 1.12. The normalized spacial score (nSPS) is 24.0. The number of rotatable bonds is 0. The lowest BCUT2D eigenvalue weighted by molar-refractivity contribution is 0.387. The Bertz CT molecular complexity index is 685. The van der Waals surface area contributed by atoms with Crippen LogP contribution in [0.25, 0.3) is 0 Å². The summed E-state index contributed by atoms with van der Waals surface area (Å²) >= 11 is 0. The van der Waals surface area contributed by atoms with Gasteiger partial charge in [0.1, 0.15) is 0 Å². The maximum atomic E-state index is 2.56. The molecule has 2 heteroatoms. The Morgan fingerprint density at radius 3 is 1.00 bits per heavy atom. The van der Waals surface area contributed by atoms with Crippen LogP contribution in [-0.4, -0.2) is 36.0 Å². The SMILES string of the molecule is C1=CC2=CN(C1)CCCCCCCCCCCCCC1=CN(CC=C1)CCCCCCCCCCCC2. The summed E-state index contributed by atoms with van der Waals surface area (Å²) in [5, 5.41) is 0. The van der Waals surface area contributed by atoms with Crippen molar-refractivity contribution in [1.82, 2.24) is 9.80 Å². The number of nitrogens with zero attached hydrogens (tertiary/aromatic N) is 2. The van der Waals surface area contributed by atoms with E-state index in [1.54, 1.807) is 11.1 Å². The minimum Gasteiger partial charge on any atom is -0.373 e. The van der Waals surface area contributed by atoms with Gasteiger partial charge in [-0.3, -0.25) is 0 Å². The molecule has 37 heavy (non-hydrogen) atoms. The van der Waals surface area contributed by atoms with E-state index in [0.717, 1.165) is 13.1 Å². The summed E-state index contributed by atoms with van der Waals surface area (Å²) in [6.45, 7) is 4.74. The predicted octanol–water partition coefficient (Wildman–Crippen LogP) is 10.5. The third-order valence-electron chi connectivity index (χ3n) is 8.61. The second-order valence-electron chi connectivity index (χ2n) is 12.1. The third kappa shape index (κ3) is 14.9. The molecule has 0 unspecified atom stereocenters. The molecule has 4 bridgehead atoms. The molecule has 0 atom stereocenters. The molecule has 0 aromatic heterocycles. The fourth-order valence-electron chi connectivity index (χ4n) is 6.24. The Labute approximate surface area is 231 Å². The van der Waals surface area contributed by atoms with Crippen molar-refractivity contribution in [2.75, 3.05) is 26.2 Å². The molecule has 0 aromatic carbocycles. The van der Waals surface area contributed by atoms with Crippen LogP contribution < -0.4 is 0 Å². The van der Waals surface area contributed by atoms with Crippen LogP contribution in [0.1, 0.15) is 148 Å². The summed E-state index contributed by atoms with van der Waals surface area (Å²) in [6, 6.07) is 0. The first kappa shape index (κ1) is 30.1. The molecule has 3 rings (SSSR count). The van der Waals surface area contributed by atoms with Gasteiger partial charge in [0.05, 0.1) is 0 Å². The zero-order chi connectivity index (χ0) is 25.6. The fraction of sp³-hybridized carbons (Fsp3) is 0.771. The molecule has 3 heterocycles. The largest absolute Gasteiger partial charge is 0.373 e. The van der Waals surface area contributed by atoms with Crippen molar-refractivity contribution in [2.24, 2.45) is 0 Å². The standard InChI is InChI=1S/C35H60N2/c1-2-6-10-14-18-24-34-26-22-31-37(32-34)29-21-17-13-9-5-3-7-11-15-19-25-35-27-23-30-36(33-35)28-20-16-12-8-4-1/h22-23,26-27,32-33H,1-21,24-25,28-31H2. The topological polar surface area (TPSA) is 6.48 Å². The van der Waals surface area contributed by atoms with Crippen molar-refractivity contribution >= 4 is 0 Å². The van der Waals surface area contributed by atoms with Gasteiger partial charge in [0, 0.05) is 38.6 Å². The van der Waals surface area contributed by atoms with Crippen LogP contribution in [0, 0.1) is 0 Å². The second-order valence-corrected chi connectivity index (χ2v) is 12.1. The van der Waals surface area contributed by atoms with Crippen molar-refractivity contribution in [3.05, 3.63) is 47.9 Å². The summed E-state index contributed by atoms with van der Waals surface area (Å²) in [7, 11) is 0. The zero-order valence-electron chi connectivity index (χ0n) is 24.5. The molecule has 210 valence electrons. The molecule has 2 nitrogen and oxygen atoms in total. The molecule has 3 aliphatic heterocycles. The van der Waals surface area contributed by atoms with E-state index in [9.17, 15) is 0 Å². The van der Waals surface area contributed by atoms with Crippen LogP contribution in [-0.2, 0) is 0 Å². The molecule has 0 aromatic rings. The molecule has 0 saturated carbocycles. The highest BCUT2D eigenvalue weighted by Gasteiger charge is 2.07. The Balaban J connectivity index is 1.32. The van der Waals surface area contributed by atoms with Gasteiger partial charge < -0.3 is 9.80 Å². The summed E-state index contributed by atoms with van der Waals surface area (Å²) < 4.78 is 0. The van der Waals surface area contributed by atoms with Gasteiger partial charge in [0.2, 0.25) is 0 Å². The fourth-order valence-corrected chi connectivity index (χ4v) is 6.24. The lowest BCUT2D eigenvalue weighted by Crippen LogP contribution is -2.21. The van der Waals surface area contributed by atoms with Crippen LogP contribution in [0.2, 0.25) is 0 Å². The van der Waals surface area contributed by atoms with E-state index in [0.29, 0.717) is 0 Å². The van der Waals surface area contributed by atoms with Crippen LogP contribution >= 0.6 is 0 Å². The summed E-state index contributed by atoms with van der Waals surface area (Å²) in [4.78, 5) is 5.13. The first-order valence-electron chi connectivity index (χ1n) is 16.6. The molecule has 3 aliphatic rings. The van der Waals surface area contributed by atoms with Gasteiger partial charge >= 0.3 is 0 Å². The second kappa shape index (κ2) is 20.5. The number of hydrogen-bond donors (Lipinski definition) is 0. The molecule has 0 saturated heterocycles. The Morgan fingerprint density at radius 2 is 0.649 bits per heavy atom. The van der Waals surface area contributed by atoms with Gasteiger partial charge in [0.15, 0.2) is 0 Å². The molecular formula is C35H60N2. The van der Waals surface area contributed by atoms with E-state index in [1.807, 2.05) is 0 Å². The van der Waals surface area contributed by atoms with Gasteiger partial charge in [-0.2, -0.15) is 0 Å². The first-order valence-corrected chi connectivity index (χ1v) is 16.6. The van der Waals surface area contributed by atoms with Crippen molar-refractivity contribution in [1.29, 1.82) is 0 Å². The molecular weight excluding hydrogens is 448 g/mol. The quantitative estimate of drug-likeness (QED) is 0.321. The molecule has 0 amide bonds. The van der Waals surface area contributed by atoms with Crippen LogP contribution in [0.4, 0.5) is 0 Å². The highest BCUT2D eigenvalue weighted by atomic mass is 15.1. The smallest absolute Gasteiger partial charge is 0.0357 e. The van der Waals surface area contributed by atoms with Crippen molar-refractivity contribution in [3.8, 4) is 0 Å². The van der Waals surface area contributed by atoms with Crippen LogP contribution in [0.15, 0.2) is 47.9 Å². The van der Waals surface area contributed by atoms with Crippen molar-refractivity contribution in [3.63, 3.8) is 0 Å². The Kier molecular flexibility index (Phi) is 16.7. The maximum absolute atomic E-state index is 2.56. The van der Waals surface area contributed by atoms with E-state index in [-0.39, 0.29) is 0 Å². The maximum Gasteiger partial charge on any atom is 0.0357 e. The first-order chi connectivity index (χ1) is 18.4. The molecule has 0 fully saturated rings. The summed E-state index contributed by atoms with van der Waals surface area (Å²) in [5.74, 6) is 0. The Hall–Kier alpha value is -1.44. The summed E-state index contributed by atoms with van der Waals surface area (Å²) in [5.41, 5.74) is 3.13. The number of hydrogen-bond acceptors (Lipinski definition) is 2.